The van der Waals surface area contributed by atoms with Gasteiger partial charge >= 0.3 is 6.09 Å². The van der Waals surface area contributed by atoms with E-state index < -0.39 is 35.6 Å². The van der Waals surface area contributed by atoms with Crippen LogP contribution in [-0.2, 0) is 35.3 Å². The Morgan fingerprint density at radius 2 is 1.58 bits per heavy atom. The van der Waals surface area contributed by atoms with Gasteiger partial charge in [-0.05, 0) is 36.5 Å². The molecule has 1 fully saturated rings. The van der Waals surface area contributed by atoms with Crippen LogP contribution in [0.25, 0.3) is 0 Å². The Morgan fingerprint density at radius 3 is 2.18 bits per heavy atom. The van der Waals surface area contributed by atoms with Crippen molar-refractivity contribution >= 4 is 41.3 Å². The van der Waals surface area contributed by atoms with Gasteiger partial charge in [-0.15, -0.1) is 0 Å². The highest BCUT2D eigenvalue weighted by molar-refractivity contribution is 6.13. The van der Waals surface area contributed by atoms with Crippen LogP contribution in [0.5, 0.6) is 0 Å². The van der Waals surface area contributed by atoms with Crippen molar-refractivity contribution in [2.24, 2.45) is 5.92 Å². The molecule has 1 saturated heterocycles. The lowest BCUT2D eigenvalue weighted by molar-refractivity contribution is -0.137. The normalized spacial score (nSPS) is 15.6. The van der Waals surface area contributed by atoms with Crippen LogP contribution < -0.4 is 16.0 Å². The highest BCUT2D eigenvalue weighted by Crippen LogP contribution is 2.13. The minimum absolute atomic E-state index is 0.0923. The van der Waals surface area contributed by atoms with E-state index in [-0.39, 0.29) is 38.1 Å². The molecule has 3 N–H and O–H groups in total. The van der Waals surface area contributed by atoms with Crippen molar-refractivity contribution in [1.82, 2.24) is 20.4 Å². The van der Waals surface area contributed by atoms with Gasteiger partial charge in [-0.1, -0.05) is 26.0 Å². The monoisotopic (exact) mass is 527 g/mol. The third kappa shape index (κ3) is 8.15. The number of carbonyl (C=O) groups is 6. The van der Waals surface area contributed by atoms with E-state index >= 15 is 0 Å². The van der Waals surface area contributed by atoms with Gasteiger partial charge in [-0.2, -0.15) is 0 Å². The lowest BCUT2D eigenvalue weighted by Gasteiger charge is -2.22. The number of ether oxygens (including phenoxy) is 1. The molecule has 6 amide bonds. The number of benzene rings is 1. The molecule has 3 rings (SSSR count). The number of nitrogens with one attached hydrogen (secondary N) is 3. The summed E-state index contributed by atoms with van der Waals surface area (Å²) in [6.07, 6.45) is 3.76. The number of rotatable bonds is 11. The maximum Gasteiger partial charge on any atom is 0.410 e. The summed E-state index contributed by atoms with van der Waals surface area (Å²) in [6, 6.07) is 5.90. The summed E-state index contributed by atoms with van der Waals surface area (Å²) in [7, 11) is 0. The molecule has 0 radical (unpaired) electrons. The van der Waals surface area contributed by atoms with E-state index in [1.54, 1.807) is 43.0 Å². The van der Waals surface area contributed by atoms with Crippen LogP contribution >= 0.6 is 0 Å². The van der Waals surface area contributed by atoms with Crippen LogP contribution in [0.2, 0.25) is 0 Å². The van der Waals surface area contributed by atoms with Gasteiger partial charge in [0.25, 0.3) is 11.8 Å². The van der Waals surface area contributed by atoms with Crippen LogP contribution in [0, 0.1) is 5.92 Å². The van der Waals surface area contributed by atoms with Crippen molar-refractivity contribution in [2.75, 3.05) is 31.5 Å². The summed E-state index contributed by atoms with van der Waals surface area (Å²) < 4.78 is 5.30. The van der Waals surface area contributed by atoms with Gasteiger partial charge in [-0.25, -0.2) is 4.79 Å². The van der Waals surface area contributed by atoms with Gasteiger partial charge in [0.05, 0.1) is 6.54 Å². The zero-order valence-electron chi connectivity index (χ0n) is 21.5. The summed E-state index contributed by atoms with van der Waals surface area (Å²) in [6.45, 7) is 4.64. The molecule has 0 aliphatic carbocycles. The number of likely N-dealkylation sites (tertiary alicyclic amines) is 1. The Bertz CT molecular complexity index is 1080. The van der Waals surface area contributed by atoms with E-state index in [1.807, 2.05) is 0 Å². The molecular weight excluding hydrogens is 494 g/mol. The Kier molecular flexibility index (Phi) is 9.97. The van der Waals surface area contributed by atoms with Crippen molar-refractivity contribution in [2.45, 2.75) is 45.8 Å². The number of imide groups is 1. The molecule has 12 heteroatoms. The second-order valence-corrected chi connectivity index (χ2v) is 9.41. The molecule has 2 heterocycles. The summed E-state index contributed by atoms with van der Waals surface area (Å²) in [5, 5.41) is 7.78. The average molecular weight is 528 g/mol. The average Bonchev–Trinajstić information content (AvgIpc) is 3.54. The highest BCUT2D eigenvalue weighted by atomic mass is 16.6. The molecule has 0 spiro atoms. The molecule has 38 heavy (non-hydrogen) atoms. The number of nitrogens with zero attached hydrogens (tertiary/aromatic N) is 2. The van der Waals surface area contributed by atoms with Gasteiger partial charge < -0.3 is 25.6 Å². The highest BCUT2D eigenvalue weighted by Gasteiger charge is 2.27. The molecule has 1 aromatic rings. The molecule has 1 atom stereocenters. The molecule has 0 bridgehead atoms. The van der Waals surface area contributed by atoms with Crippen LogP contribution in [0.4, 0.5) is 10.5 Å². The van der Waals surface area contributed by atoms with E-state index in [4.69, 9.17) is 4.74 Å². The third-order valence-electron chi connectivity index (χ3n) is 6.12. The van der Waals surface area contributed by atoms with Crippen molar-refractivity contribution in [1.29, 1.82) is 0 Å². The summed E-state index contributed by atoms with van der Waals surface area (Å²) in [5.41, 5.74) is 1.28. The maximum absolute atomic E-state index is 12.6. The molecular formula is C26H33N5O7. The SMILES string of the molecule is CC(C)C(NC(=O)CCN1C(=O)C=CC1=O)C(=O)NCC(=O)Nc1ccc(COC(=O)N2CCCC2)cc1. The molecule has 0 aromatic heterocycles. The lowest BCUT2D eigenvalue weighted by Crippen LogP contribution is -2.51. The smallest absolute Gasteiger partial charge is 0.410 e. The zero-order chi connectivity index (χ0) is 27.7. The van der Waals surface area contributed by atoms with Gasteiger partial charge in [0.2, 0.25) is 17.7 Å². The fourth-order valence-electron chi connectivity index (χ4n) is 3.95. The lowest BCUT2D eigenvalue weighted by atomic mass is 10.0. The van der Waals surface area contributed by atoms with Crippen molar-refractivity contribution < 1.29 is 33.5 Å². The van der Waals surface area contributed by atoms with Crippen molar-refractivity contribution in [3.05, 3.63) is 42.0 Å². The molecule has 2 aliphatic heterocycles. The quantitative estimate of drug-likeness (QED) is 0.362. The van der Waals surface area contributed by atoms with Crippen LogP contribution in [0.1, 0.15) is 38.7 Å². The minimum atomic E-state index is -0.902. The zero-order valence-corrected chi connectivity index (χ0v) is 21.5. The van der Waals surface area contributed by atoms with Gasteiger partial charge in [0.1, 0.15) is 12.6 Å². The third-order valence-corrected chi connectivity index (χ3v) is 6.12. The fraction of sp³-hybridized carbons (Fsp3) is 0.462. The van der Waals surface area contributed by atoms with Crippen molar-refractivity contribution in [3.63, 3.8) is 0 Å². The first-order chi connectivity index (χ1) is 18.1. The summed E-state index contributed by atoms with van der Waals surface area (Å²) in [4.78, 5) is 75.1. The first-order valence-corrected chi connectivity index (χ1v) is 12.5. The van der Waals surface area contributed by atoms with Crippen LogP contribution in [0.15, 0.2) is 36.4 Å². The van der Waals surface area contributed by atoms with Gasteiger partial charge in [0, 0.05) is 43.9 Å². The Balaban J connectivity index is 1.39. The topological polar surface area (TPSA) is 154 Å². The number of anilines is 1. The second-order valence-electron chi connectivity index (χ2n) is 9.41. The number of carbonyl (C=O) groups excluding carboxylic acids is 6. The van der Waals surface area contributed by atoms with Gasteiger partial charge in [-0.3, -0.25) is 28.9 Å². The first-order valence-electron chi connectivity index (χ1n) is 12.5. The Hall–Kier alpha value is -4.22. The summed E-state index contributed by atoms with van der Waals surface area (Å²) >= 11 is 0. The second kappa shape index (κ2) is 13.4. The van der Waals surface area contributed by atoms with Crippen LogP contribution in [0.3, 0.4) is 0 Å². The standard InChI is InChI=1S/C26H33N5O7/c1-17(2)24(29-20(32)11-14-31-22(34)9-10-23(31)35)25(36)27-15-21(33)28-19-7-5-18(6-8-19)16-38-26(37)30-12-3-4-13-30/h5-10,17,24H,3-4,11-16H2,1-2H3,(H,27,36)(H,28,33)(H,29,32). The predicted octanol–water partition coefficient (Wildman–Crippen LogP) is 0.930. The van der Waals surface area contributed by atoms with E-state index in [0.717, 1.165) is 35.5 Å². The van der Waals surface area contributed by atoms with E-state index in [1.165, 1.54) is 0 Å². The summed E-state index contributed by atoms with van der Waals surface area (Å²) in [5.74, 6) is -2.73. The van der Waals surface area contributed by atoms with E-state index in [9.17, 15) is 28.8 Å². The number of hydrogen-bond acceptors (Lipinski definition) is 7. The first kappa shape index (κ1) is 28.4. The molecule has 1 unspecified atom stereocenters. The van der Waals surface area contributed by atoms with Gasteiger partial charge in [0.15, 0.2) is 0 Å². The fourth-order valence-corrected chi connectivity index (χ4v) is 3.95. The van der Waals surface area contributed by atoms with E-state index in [0.29, 0.717) is 18.8 Å². The molecule has 2 aliphatic rings. The van der Waals surface area contributed by atoms with Crippen molar-refractivity contribution in [3.8, 4) is 0 Å². The largest absolute Gasteiger partial charge is 0.445 e. The molecule has 12 nitrogen and oxygen atoms in total. The number of amides is 6. The van der Waals surface area contributed by atoms with E-state index in [2.05, 4.69) is 16.0 Å². The molecule has 204 valence electrons. The minimum Gasteiger partial charge on any atom is -0.445 e. The number of hydrogen-bond donors (Lipinski definition) is 3. The molecule has 1 aromatic carbocycles. The predicted molar refractivity (Wildman–Crippen MR) is 136 cm³/mol. The maximum atomic E-state index is 12.6. The molecule has 0 saturated carbocycles. The van der Waals surface area contributed by atoms with Crippen LogP contribution in [-0.4, -0.2) is 77.6 Å². The Morgan fingerprint density at radius 1 is 0.947 bits per heavy atom. The Labute approximate surface area is 220 Å².